The summed E-state index contributed by atoms with van der Waals surface area (Å²) in [5.74, 6) is 3.79. The molecule has 2 aromatic heterocycles. The van der Waals surface area contributed by atoms with Gasteiger partial charge in [0.05, 0.1) is 22.1 Å². The minimum absolute atomic E-state index is 0.00228. The minimum atomic E-state index is -0.00228. The van der Waals surface area contributed by atoms with Gasteiger partial charge in [-0.05, 0) is 103 Å². The van der Waals surface area contributed by atoms with E-state index in [9.17, 15) is 0 Å². The van der Waals surface area contributed by atoms with E-state index in [1.54, 1.807) is 0 Å². The summed E-state index contributed by atoms with van der Waals surface area (Å²) in [5.41, 5.74) is 17.8. The Balaban J connectivity index is 1.22. The molecule has 13 rings (SSSR count). The predicted molar refractivity (Wildman–Crippen MR) is 235 cm³/mol. The molecule has 4 aliphatic rings. The molecular formula is C50H38B2N2O2. The SMILES string of the molecule is CC(C)(C)c1ccc2c(c1)B1c3c(cccc3-n3c4ccccc4c4c3c1cc1c3ccc5c6c3n(c14)-c1ccccc1B6c1cc(C(C)(C)C)ccc1O5)O2. The van der Waals surface area contributed by atoms with E-state index in [4.69, 9.17) is 9.47 Å². The van der Waals surface area contributed by atoms with E-state index in [1.165, 1.54) is 98.9 Å². The summed E-state index contributed by atoms with van der Waals surface area (Å²) in [6.07, 6.45) is 0. The Morgan fingerprint density at radius 3 is 1.79 bits per heavy atom. The first-order chi connectivity index (χ1) is 27.1. The van der Waals surface area contributed by atoms with Crippen molar-refractivity contribution in [3.05, 3.63) is 132 Å². The second-order valence-corrected chi connectivity index (χ2v) is 18.5. The molecule has 9 aromatic rings. The molecule has 0 aliphatic carbocycles. The molecule has 0 saturated heterocycles. The van der Waals surface area contributed by atoms with E-state index in [-0.39, 0.29) is 24.3 Å². The van der Waals surface area contributed by atoms with Crippen molar-refractivity contribution in [3.63, 3.8) is 0 Å². The molecule has 0 spiro atoms. The molecule has 0 fully saturated rings. The maximum absolute atomic E-state index is 6.88. The van der Waals surface area contributed by atoms with Crippen LogP contribution in [-0.2, 0) is 10.8 Å². The van der Waals surface area contributed by atoms with Gasteiger partial charge >= 0.3 is 0 Å². The van der Waals surface area contributed by atoms with E-state index < -0.39 is 0 Å². The quantitative estimate of drug-likeness (QED) is 0.148. The van der Waals surface area contributed by atoms with Crippen molar-refractivity contribution in [3.8, 4) is 34.4 Å². The van der Waals surface area contributed by atoms with Gasteiger partial charge in [-0.3, -0.25) is 0 Å². The standard InChI is InChI=1S/C50H38B2N2O2/c1-49(2,3)27-18-21-39-33(24-27)51-32-13-8-10-15-37(32)54-46-31(29-20-23-42(56-39)45(51)47(29)54)26-35-48-43(46)30-12-7-9-14-36(30)53(48)38-16-11-17-41-44(38)52(35)34-25-28(50(4,5)6)19-22-40(34)55-41/h7-26H,1-6H3. The Labute approximate surface area is 326 Å². The summed E-state index contributed by atoms with van der Waals surface area (Å²) >= 11 is 0. The van der Waals surface area contributed by atoms with Crippen molar-refractivity contribution in [2.75, 3.05) is 0 Å². The van der Waals surface area contributed by atoms with Gasteiger partial charge < -0.3 is 18.6 Å². The fourth-order valence-corrected chi connectivity index (χ4v) is 10.8. The van der Waals surface area contributed by atoms with E-state index >= 15 is 0 Å². The lowest BCUT2D eigenvalue weighted by Gasteiger charge is -2.34. The molecule has 0 amide bonds. The maximum Gasteiger partial charge on any atom is 0.256 e. The molecular weight excluding hydrogens is 682 g/mol. The molecule has 0 radical (unpaired) electrons. The topological polar surface area (TPSA) is 28.3 Å². The Morgan fingerprint density at radius 2 is 1.05 bits per heavy atom. The lowest BCUT2D eigenvalue weighted by molar-refractivity contribution is 0.486. The van der Waals surface area contributed by atoms with E-state index in [1.807, 2.05) is 0 Å². The van der Waals surface area contributed by atoms with Crippen LogP contribution in [0.5, 0.6) is 23.0 Å². The number of fused-ring (bicyclic) bond motifs is 16. The van der Waals surface area contributed by atoms with Crippen LogP contribution < -0.4 is 42.3 Å². The lowest BCUT2D eigenvalue weighted by Crippen LogP contribution is -2.58. The van der Waals surface area contributed by atoms with Crippen molar-refractivity contribution in [2.45, 2.75) is 52.4 Å². The second-order valence-electron chi connectivity index (χ2n) is 18.5. The van der Waals surface area contributed by atoms with E-state index in [0.717, 1.165) is 23.0 Å². The highest BCUT2D eigenvalue weighted by molar-refractivity contribution is 7.00. The Morgan fingerprint density at radius 1 is 0.429 bits per heavy atom. The van der Waals surface area contributed by atoms with Crippen LogP contribution in [0.1, 0.15) is 52.7 Å². The summed E-state index contributed by atoms with van der Waals surface area (Å²) in [4.78, 5) is 0. The molecule has 0 bridgehead atoms. The molecule has 56 heavy (non-hydrogen) atoms. The highest BCUT2D eigenvalue weighted by Gasteiger charge is 2.44. The van der Waals surface area contributed by atoms with Gasteiger partial charge in [0, 0.05) is 32.9 Å². The maximum atomic E-state index is 6.88. The number of rotatable bonds is 0. The number of nitrogens with zero attached hydrogens (tertiary/aromatic N) is 2. The van der Waals surface area contributed by atoms with Crippen molar-refractivity contribution in [1.82, 2.24) is 9.13 Å². The third-order valence-corrected chi connectivity index (χ3v) is 13.3. The normalized spacial score (nSPS) is 14.5. The zero-order valence-corrected chi connectivity index (χ0v) is 32.4. The van der Waals surface area contributed by atoms with Gasteiger partial charge in [0.2, 0.25) is 0 Å². The zero-order valence-electron chi connectivity index (χ0n) is 32.4. The van der Waals surface area contributed by atoms with Gasteiger partial charge in [-0.2, -0.15) is 0 Å². The molecule has 6 heterocycles. The highest BCUT2D eigenvalue weighted by Crippen LogP contribution is 2.46. The predicted octanol–water partition coefficient (Wildman–Crippen LogP) is 8.35. The molecule has 4 aliphatic heterocycles. The fraction of sp³-hybridized carbons (Fsp3) is 0.160. The third kappa shape index (κ3) is 3.69. The molecule has 0 N–H and O–H groups in total. The van der Waals surface area contributed by atoms with Gasteiger partial charge in [-0.15, -0.1) is 0 Å². The van der Waals surface area contributed by atoms with Crippen molar-refractivity contribution in [1.29, 1.82) is 0 Å². The molecule has 6 heteroatoms. The number of aromatic nitrogens is 2. The largest absolute Gasteiger partial charge is 0.458 e. The number of para-hydroxylation sites is 2. The Bertz CT molecular complexity index is 3300. The average molecular weight is 720 g/mol. The average Bonchev–Trinajstić information content (AvgIpc) is 3.71. The van der Waals surface area contributed by atoms with Crippen LogP contribution in [0.4, 0.5) is 0 Å². The van der Waals surface area contributed by atoms with Gasteiger partial charge in [-0.25, -0.2) is 0 Å². The van der Waals surface area contributed by atoms with Crippen LogP contribution in [-0.4, -0.2) is 22.6 Å². The molecule has 0 unspecified atom stereocenters. The highest BCUT2D eigenvalue weighted by atomic mass is 16.5. The van der Waals surface area contributed by atoms with E-state index in [0.29, 0.717) is 0 Å². The third-order valence-electron chi connectivity index (χ3n) is 13.3. The van der Waals surface area contributed by atoms with Crippen LogP contribution in [0.15, 0.2) is 121 Å². The second kappa shape index (κ2) is 9.99. The van der Waals surface area contributed by atoms with Gasteiger partial charge in [-0.1, -0.05) is 114 Å². The summed E-state index contributed by atoms with van der Waals surface area (Å²) in [6.45, 7) is 13.9. The number of hydrogen-bond acceptors (Lipinski definition) is 2. The minimum Gasteiger partial charge on any atom is -0.458 e. The van der Waals surface area contributed by atoms with Crippen LogP contribution in [0.25, 0.3) is 55.0 Å². The summed E-state index contributed by atoms with van der Waals surface area (Å²) < 4.78 is 18.8. The molecule has 7 aromatic carbocycles. The van der Waals surface area contributed by atoms with Gasteiger partial charge in [0.1, 0.15) is 23.0 Å². The fourth-order valence-electron chi connectivity index (χ4n) is 10.8. The van der Waals surface area contributed by atoms with Crippen molar-refractivity contribution >= 4 is 89.8 Å². The summed E-state index contributed by atoms with van der Waals surface area (Å²) in [6, 6.07) is 45.5. The molecule has 4 nitrogen and oxygen atoms in total. The summed E-state index contributed by atoms with van der Waals surface area (Å²) in [5, 5.41) is 5.11. The number of ether oxygens (including phenoxy) is 2. The Kier molecular flexibility index (Phi) is 5.55. The van der Waals surface area contributed by atoms with Crippen LogP contribution >= 0.6 is 0 Å². The number of hydrogen-bond donors (Lipinski definition) is 0. The van der Waals surface area contributed by atoms with Gasteiger partial charge in [0.15, 0.2) is 0 Å². The number of benzene rings is 7. The van der Waals surface area contributed by atoms with E-state index in [2.05, 4.69) is 172 Å². The van der Waals surface area contributed by atoms with Crippen LogP contribution in [0, 0.1) is 0 Å². The van der Waals surface area contributed by atoms with Crippen LogP contribution in [0.2, 0.25) is 0 Å². The monoisotopic (exact) mass is 720 g/mol. The first-order valence-corrected chi connectivity index (χ1v) is 20.0. The van der Waals surface area contributed by atoms with Crippen LogP contribution in [0.3, 0.4) is 0 Å². The molecule has 0 saturated carbocycles. The Hall–Kier alpha value is -6.13. The first-order valence-electron chi connectivity index (χ1n) is 20.0. The first kappa shape index (κ1) is 31.1. The van der Waals surface area contributed by atoms with Gasteiger partial charge in [0.25, 0.3) is 13.4 Å². The molecule has 0 atom stereocenters. The smallest absolute Gasteiger partial charge is 0.256 e. The van der Waals surface area contributed by atoms with Crippen molar-refractivity contribution in [2.24, 2.45) is 0 Å². The van der Waals surface area contributed by atoms with Crippen molar-refractivity contribution < 1.29 is 9.47 Å². The molecule has 266 valence electrons. The summed E-state index contributed by atoms with van der Waals surface area (Å²) in [7, 11) is 0. The zero-order chi connectivity index (χ0) is 37.6. The lowest BCUT2D eigenvalue weighted by atomic mass is 9.34.